The SMILES string of the molecule is Cc1cccc(CC(=O)O)c1[N+](=O)[O-]. The van der Waals surface area contributed by atoms with Crippen molar-refractivity contribution in [2.24, 2.45) is 0 Å². The van der Waals surface area contributed by atoms with Crippen LogP contribution < -0.4 is 0 Å². The van der Waals surface area contributed by atoms with E-state index in [1.807, 2.05) is 0 Å². The fourth-order valence-electron chi connectivity index (χ4n) is 1.29. The van der Waals surface area contributed by atoms with Crippen molar-refractivity contribution < 1.29 is 14.8 Å². The van der Waals surface area contributed by atoms with Gasteiger partial charge in [0, 0.05) is 11.1 Å². The van der Waals surface area contributed by atoms with Crippen molar-refractivity contribution in [2.75, 3.05) is 0 Å². The summed E-state index contributed by atoms with van der Waals surface area (Å²) in [6, 6.07) is 4.66. The summed E-state index contributed by atoms with van der Waals surface area (Å²) >= 11 is 0. The van der Waals surface area contributed by atoms with Crippen LogP contribution in [-0.4, -0.2) is 16.0 Å². The average Bonchev–Trinajstić information content (AvgIpc) is 2.01. The zero-order chi connectivity index (χ0) is 10.7. The first kappa shape index (κ1) is 10.2. The minimum Gasteiger partial charge on any atom is -0.481 e. The monoisotopic (exact) mass is 195 g/mol. The summed E-state index contributed by atoms with van der Waals surface area (Å²) in [5.41, 5.74) is 0.617. The van der Waals surface area contributed by atoms with Crippen LogP contribution in [0, 0.1) is 17.0 Å². The molecule has 0 amide bonds. The molecule has 0 aliphatic heterocycles. The van der Waals surface area contributed by atoms with Crippen molar-refractivity contribution in [3.05, 3.63) is 39.4 Å². The average molecular weight is 195 g/mol. The van der Waals surface area contributed by atoms with Gasteiger partial charge >= 0.3 is 5.97 Å². The van der Waals surface area contributed by atoms with Crippen LogP contribution in [0.3, 0.4) is 0 Å². The third-order valence-electron chi connectivity index (χ3n) is 1.85. The molecule has 1 rings (SSSR count). The Morgan fingerprint density at radius 3 is 2.71 bits per heavy atom. The van der Waals surface area contributed by atoms with Crippen molar-refractivity contribution in [3.8, 4) is 0 Å². The predicted molar refractivity (Wildman–Crippen MR) is 49.2 cm³/mol. The van der Waals surface area contributed by atoms with Crippen LogP contribution in [-0.2, 0) is 11.2 Å². The Labute approximate surface area is 80.1 Å². The van der Waals surface area contributed by atoms with Gasteiger partial charge in [0.15, 0.2) is 0 Å². The van der Waals surface area contributed by atoms with Gasteiger partial charge in [-0.15, -0.1) is 0 Å². The molecule has 0 aliphatic rings. The smallest absolute Gasteiger partial charge is 0.308 e. The molecule has 0 saturated carbocycles. The molecule has 0 unspecified atom stereocenters. The number of hydrogen-bond acceptors (Lipinski definition) is 3. The molecule has 5 nitrogen and oxygen atoms in total. The van der Waals surface area contributed by atoms with Gasteiger partial charge in [0.1, 0.15) is 0 Å². The molecule has 0 atom stereocenters. The van der Waals surface area contributed by atoms with Crippen molar-refractivity contribution in [2.45, 2.75) is 13.3 Å². The summed E-state index contributed by atoms with van der Waals surface area (Å²) in [6.45, 7) is 1.59. The summed E-state index contributed by atoms with van der Waals surface area (Å²) in [7, 11) is 0. The number of aryl methyl sites for hydroxylation is 1. The molecule has 0 heterocycles. The van der Waals surface area contributed by atoms with Crippen LogP contribution >= 0.6 is 0 Å². The van der Waals surface area contributed by atoms with E-state index >= 15 is 0 Å². The topological polar surface area (TPSA) is 80.4 Å². The molecule has 0 spiro atoms. The molecule has 1 aromatic carbocycles. The standard InChI is InChI=1S/C9H9NO4/c1-6-3-2-4-7(5-8(11)12)9(6)10(13)14/h2-4H,5H2,1H3,(H,11,12). The number of carboxylic acids is 1. The number of carbonyl (C=O) groups is 1. The van der Waals surface area contributed by atoms with E-state index in [1.165, 1.54) is 6.07 Å². The normalized spacial score (nSPS) is 9.79. The summed E-state index contributed by atoms with van der Waals surface area (Å²) in [5, 5.41) is 19.2. The first-order valence-corrected chi connectivity index (χ1v) is 3.97. The maximum absolute atomic E-state index is 10.6. The lowest BCUT2D eigenvalue weighted by Crippen LogP contribution is -2.04. The maximum atomic E-state index is 10.6. The number of nitro benzene ring substituents is 1. The van der Waals surface area contributed by atoms with E-state index in [4.69, 9.17) is 5.11 Å². The van der Waals surface area contributed by atoms with Crippen molar-refractivity contribution in [1.29, 1.82) is 0 Å². The Kier molecular flexibility index (Phi) is 2.81. The first-order valence-electron chi connectivity index (χ1n) is 3.97. The lowest BCUT2D eigenvalue weighted by molar-refractivity contribution is -0.386. The van der Waals surface area contributed by atoms with E-state index in [9.17, 15) is 14.9 Å². The van der Waals surface area contributed by atoms with Crippen LogP contribution in [0.15, 0.2) is 18.2 Å². The number of carboxylic acid groups (broad SMARTS) is 1. The fourth-order valence-corrected chi connectivity index (χ4v) is 1.29. The van der Waals surface area contributed by atoms with E-state index < -0.39 is 10.9 Å². The highest BCUT2D eigenvalue weighted by Gasteiger charge is 2.18. The molecule has 1 N–H and O–H groups in total. The van der Waals surface area contributed by atoms with Gasteiger partial charge in [-0.1, -0.05) is 18.2 Å². The van der Waals surface area contributed by atoms with Crippen LogP contribution in [0.5, 0.6) is 0 Å². The fraction of sp³-hybridized carbons (Fsp3) is 0.222. The summed E-state index contributed by atoms with van der Waals surface area (Å²) < 4.78 is 0. The Balaban J connectivity index is 3.21. The highest BCUT2D eigenvalue weighted by atomic mass is 16.6. The Hall–Kier alpha value is -1.91. The minimum absolute atomic E-state index is 0.102. The Bertz CT molecular complexity index is 386. The molecule has 14 heavy (non-hydrogen) atoms. The third kappa shape index (κ3) is 2.07. The number of nitro groups is 1. The molecule has 0 fully saturated rings. The molecule has 0 saturated heterocycles. The second kappa shape index (κ2) is 3.87. The molecule has 74 valence electrons. The number of hydrogen-bond donors (Lipinski definition) is 1. The predicted octanol–water partition coefficient (Wildman–Crippen LogP) is 1.53. The van der Waals surface area contributed by atoms with Crippen LogP contribution in [0.4, 0.5) is 5.69 Å². The molecule has 5 heteroatoms. The van der Waals surface area contributed by atoms with E-state index in [-0.39, 0.29) is 17.7 Å². The van der Waals surface area contributed by atoms with Crippen molar-refractivity contribution in [3.63, 3.8) is 0 Å². The second-order valence-electron chi connectivity index (χ2n) is 2.91. The van der Waals surface area contributed by atoms with Gasteiger partial charge < -0.3 is 5.11 Å². The van der Waals surface area contributed by atoms with E-state index in [0.29, 0.717) is 5.56 Å². The molecule has 0 aromatic heterocycles. The quantitative estimate of drug-likeness (QED) is 0.585. The molecular weight excluding hydrogens is 186 g/mol. The number of nitrogens with zero attached hydrogens (tertiary/aromatic N) is 1. The van der Waals surface area contributed by atoms with Gasteiger partial charge in [-0.25, -0.2) is 0 Å². The largest absolute Gasteiger partial charge is 0.481 e. The summed E-state index contributed by atoms with van der Waals surface area (Å²) in [4.78, 5) is 20.5. The molecule has 0 radical (unpaired) electrons. The van der Waals surface area contributed by atoms with Gasteiger partial charge in [-0.05, 0) is 6.92 Å². The first-order chi connectivity index (χ1) is 6.52. The van der Waals surface area contributed by atoms with Crippen LogP contribution in [0.25, 0.3) is 0 Å². The van der Waals surface area contributed by atoms with Gasteiger partial charge in [-0.2, -0.15) is 0 Å². The van der Waals surface area contributed by atoms with Gasteiger partial charge in [0.05, 0.1) is 11.3 Å². The number of benzene rings is 1. The number of para-hydroxylation sites is 1. The summed E-state index contributed by atoms with van der Waals surface area (Å²) in [6.07, 6.45) is -0.321. The van der Waals surface area contributed by atoms with Crippen molar-refractivity contribution >= 4 is 11.7 Å². The van der Waals surface area contributed by atoms with Crippen molar-refractivity contribution in [1.82, 2.24) is 0 Å². The van der Waals surface area contributed by atoms with Gasteiger partial charge in [0.2, 0.25) is 0 Å². The minimum atomic E-state index is -1.07. The van der Waals surface area contributed by atoms with E-state index in [0.717, 1.165) is 0 Å². The zero-order valence-electron chi connectivity index (χ0n) is 7.56. The highest BCUT2D eigenvalue weighted by Crippen LogP contribution is 2.23. The number of rotatable bonds is 3. The molecule has 0 bridgehead atoms. The zero-order valence-corrected chi connectivity index (χ0v) is 7.56. The summed E-state index contributed by atoms with van der Waals surface area (Å²) in [5.74, 6) is -1.07. The van der Waals surface area contributed by atoms with Gasteiger partial charge in [-0.3, -0.25) is 14.9 Å². The lowest BCUT2D eigenvalue weighted by Gasteiger charge is -2.01. The maximum Gasteiger partial charge on any atom is 0.308 e. The van der Waals surface area contributed by atoms with Gasteiger partial charge in [0.25, 0.3) is 5.69 Å². The third-order valence-corrected chi connectivity index (χ3v) is 1.85. The highest BCUT2D eigenvalue weighted by molar-refractivity contribution is 5.72. The van der Waals surface area contributed by atoms with E-state index in [1.54, 1.807) is 19.1 Å². The van der Waals surface area contributed by atoms with Crippen LogP contribution in [0.1, 0.15) is 11.1 Å². The Morgan fingerprint density at radius 1 is 1.57 bits per heavy atom. The molecule has 1 aromatic rings. The second-order valence-corrected chi connectivity index (χ2v) is 2.91. The molecular formula is C9H9NO4. The van der Waals surface area contributed by atoms with Crippen LogP contribution in [0.2, 0.25) is 0 Å². The Morgan fingerprint density at radius 2 is 2.21 bits per heavy atom. The van der Waals surface area contributed by atoms with E-state index in [2.05, 4.69) is 0 Å². The molecule has 0 aliphatic carbocycles. The number of aliphatic carboxylic acids is 1. The lowest BCUT2D eigenvalue weighted by atomic mass is 10.1.